The van der Waals surface area contributed by atoms with Gasteiger partial charge in [0, 0.05) is 5.56 Å². The minimum atomic E-state index is -0.973. The fourth-order valence-corrected chi connectivity index (χ4v) is 2.91. The smallest absolute Gasteiger partial charge is 0.251 e. The Bertz CT molecular complexity index is 664. The Hall–Kier alpha value is -2.13. The maximum Gasteiger partial charge on any atom is 0.251 e. The first-order valence-electron chi connectivity index (χ1n) is 7.73. The predicted octanol–water partition coefficient (Wildman–Crippen LogP) is 3.02. The number of aryl methyl sites for hydroxylation is 1. The van der Waals surface area contributed by atoms with Crippen LogP contribution >= 0.6 is 0 Å². The molecule has 0 aromatic heterocycles. The average molecular weight is 295 g/mol. The largest absolute Gasteiger partial charge is 0.383 e. The van der Waals surface area contributed by atoms with Crippen molar-refractivity contribution in [2.75, 3.05) is 6.54 Å². The van der Waals surface area contributed by atoms with Crippen LogP contribution in [0.1, 0.15) is 34.3 Å². The molecule has 0 aliphatic heterocycles. The molecule has 0 heterocycles. The third kappa shape index (κ3) is 2.90. The third-order valence-electron chi connectivity index (χ3n) is 4.43. The SMILES string of the molecule is Cc1ccccc1C(=O)NC[C@](O)(c1ccccc1)C1CC1. The zero-order valence-corrected chi connectivity index (χ0v) is 12.8. The average Bonchev–Trinajstić information content (AvgIpc) is 3.39. The van der Waals surface area contributed by atoms with Gasteiger partial charge in [-0.25, -0.2) is 0 Å². The van der Waals surface area contributed by atoms with Crippen LogP contribution in [0.3, 0.4) is 0 Å². The van der Waals surface area contributed by atoms with Gasteiger partial charge in [-0.1, -0.05) is 48.5 Å². The van der Waals surface area contributed by atoms with E-state index in [1.54, 1.807) is 0 Å². The fraction of sp³-hybridized carbons (Fsp3) is 0.316. The topological polar surface area (TPSA) is 49.3 Å². The minimum Gasteiger partial charge on any atom is -0.383 e. The second kappa shape index (κ2) is 5.93. The molecule has 0 unspecified atom stereocenters. The Morgan fingerprint density at radius 3 is 2.41 bits per heavy atom. The van der Waals surface area contributed by atoms with Crippen LogP contribution in [0.5, 0.6) is 0 Å². The van der Waals surface area contributed by atoms with Crippen LogP contribution in [0.25, 0.3) is 0 Å². The number of amides is 1. The molecule has 2 N–H and O–H groups in total. The first-order chi connectivity index (χ1) is 10.6. The predicted molar refractivity (Wildman–Crippen MR) is 86.6 cm³/mol. The number of carbonyl (C=O) groups is 1. The van der Waals surface area contributed by atoms with E-state index in [2.05, 4.69) is 5.32 Å². The van der Waals surface area contributed by atoms with Gasteiger partial charge < -0.3 is 10.4 Å². The van der Waals surface area contributed by atoms with Gasteiger partial charge in [-0.15, -0.1) is 0 Å². The van der Waals surface area contributed by atoms with Gasteiger partial charge in [-0.05, 0) is 42.9 Å². The van der Waals surface area contributed by atoms with Crippen molar-refractivity contribution in [3.63, 3.8) is 0 Å². The molecular weight excluding hydrogens is 274 g/mol. The molecule has 1 aliphatic rings. The Kier molecular flexibility index (Phi) is 3.99. The summed E-state index contributed by atoms with van der Waals surface area (Å²) in [5.74, 6) is 0.0974. The second-order valence-electron chi connectivity index (χ2n) is 6.06. The van der Waals surface area contributed by atoms with Gasteiger partial charge in [0.1, 0.15) is 5.60 Å². The molecule has 114 valence electrons. The number of nitrogens with one attached hydrogen (secondary N) is 1. The lowest BCUT2D eigenvalue weighted by Crippen LogP contribution is -2.42. The van der Waals surface area contributed by atoms with Crippen molar-refractivity contribution in [2.45, 2.75) is 25.4 Å². The van der Waals surface area contributed by atoms with E-state index in [9.17, 15) is 9.90 Å². The zero-order chi connectivity index (χ0) is 15.6. The van der Waals surface area contributed by atoms with Crippen molar-refractivity contribution in [1.82, 2.24) is 5.32 Å². The highest BCUT2D eigenvalue weighted by molar-refractivity contribution is 5.95. The summed E-state index contributed by atoms with van der Waals surface area (Å²) in [5.41, 5.74) is 1.51. The van der Waals surface area contributed by atoms with Crippen LogP contribution in [0.2, 0.25) is 0 Å². The van der Waals surface area contributed by atoms with E-state index >= 15 is 0 Å². The van der Waals surface area contributed by atoms with Crippen LogP contribution in [-0.2, 0) is 5.60 Å². The van der Waals surface area contributed by atoms with Crippen molar-refractivity contribution < 1.29 is 9.90 Å². The van der Waals surface area contributed by atoms with E-state index in [1.165, 1.54) is 0 Å². The summed E-state index contributed by atoms with van der Waals surface area (Å²) in [6.45, 7) is 2.16. The summed E-state index contributed by atoms with van der Waals surface area (Å²) < 4.78 is 0. The van der Waals surface area contributed by atoms with Crippen LogP contribution in [0.4, 0.5) is 0 Å². The lowest BCUT2D eigenvalue weighted by molar-refractivity contribution is 0.0135. The monoisotopic (exact) mass is 295 g/mol. The maximum atomic E-state index is 12.4. The number of benzene rings is 2. The molecule has 3 nitrogen and oxygen atoms in total. The van der Waals surface area contributed by atoms with Gasteiger partial charge in [0.15, 0.2) is 0 Å². The van der Waals surface area contributed by atoms with Gasteiger partial charge in [-0.2, -0.15) is 0 Å². The molecule has 0 spiro atoms. The molecule has 0 saturated heterocycles. The zero-order valence-electron chi connectivity index (χ0n) is 12.8. The van der Waals surface area contributed by atoms with E-state index in [4.69, 9.17) is 0 Å². The molecule has 1 aliphatic carbocycles. The quantitative estimate of drug-likeness (QED) is 0.891. The fourth-order valence-electron chi connectivity index (χ4n) is 2.91. The summed E-state index contributed by atoms with van der Waals surface area (Å²) >= 11 is 0. The van der Waals surface area contributed by atoms with E-state index < -0.39 is 5.60 Å². The minimum absolute atomic E-state index is 0.131. The molecule has 2 aromatic rings. The number of hydrogen-bond donors (Lipinski definition) is 2. The van der Waals surface area contributed by atoms with E-state index in [1.807, 2.05) is 61.5 Å². The van der Waals surface area contributed by atoms with Crippen LogP contribution in [0, 0.1) is 12.8 Å². The molecule has 2 aromatic carbocycles. The molecule has 1 saturated carbocycles. The van der Waals surface area contributed by atoms with Gasteiger partial charge in [0.25, 0.3) is 5.91 Å². The van der Waals surface area contributed by atoms with Crippen molar-refractivity contribution in [3.05, 3.63) is 71.3 Å². The molecule has 1 fully saturated rings. The van der Waals surface area contributed by atoms with Gasteiger partial charge in [-0.3, -0.25) is 4.79 Å². The van der Waals surface area contributed by atoms with Crippen molar-refractivity contribution in [2.24, 2.45) is 5.92 Å². The number of aliphatic hydroxyl groups is 1. The van der Waals surface area contributed by atoms with Crippen molar-refractivity contribution in [3.8, 4) is 0 Å². The maximum absolute atomic E-state index is 12.4. The summed E-state index contributed by atoms with van der Waals surface area (Å²) in [4.78, 5) is 12.4. The molecule has 0 bridgehead atoms. The second-order valence-corrected chi connectivity index (χ2v) is 6.06. The first kappa shape index (κ1) is 14.8. The van der Waals surface area contributed by atoms with E-state index in [0.717, 1.165) is 24.0 Å². The van der Waals surface area contributed by atoms with Gasteiger partial charge >= 0.3 is 0 Å². The Balaban J connectivity index is 1.76. The third-order valence-corrected chi connectivity index (χ3v) is 4.43. The normalized spacial score (nSPS) is 16.8. The highest BCUT2D eigenvalue weighted by Crippen LogP contribution is 2.45. The van der Waals surface area contributed by atoms with E-state index in [-0.39, 0.29) is 18.4 Å². The number of rotatable bonds is 5. The Morgan fingerprint density at radius 2 is 1.77 bits per heavy atom. The standard InChI is InChI=1S/C19H21NO2/c1-14-7-5-6-10-17(14)18(21)20-13-19(22,16-11-12-16)15-8-3-2-4-9-15/h2-10,16,22H,11-13H2,1H3,(H,20,21)/t19-/m0/s1. The summed E-state index contributed by atoms with van der Waals surface area (Å²) in [6.07, 6.45) is 2.01. The van der Waals surface area contributed by atoms with E-state index in [0.29, 0.717) is 5.56 Å². The summed E-state index contributed by atoms with van der Waals surface area (Å²) in [5, 5.41) is 14.0. The van der Waals surface area contributed by atoms with Crippen LogP contribution in [0.15, 0.2) is 54.6 Å². The highest BCUT2D eigenvalue weighted by atomic mass is 16.3. The van der Waals surface area contributed by atoms with Crippen molar-refractivity contribution >= 4 is 5.91 Å². The number of hydrogen-bond acceptors (Lipinski definition) is 2. The molecular formula is C19H21NO2. The Morgan fingerprint density at radius 1 is 1.14 bits per heavy atom. The molecule has 1 atom stereocenters. The van der Waals surface area contributed by atoms with Crippen LogP contribution < -0.4 is 5.32 Å². The molecule has 0 radical (unpaired) electrons. The summed E-state index contributed by atoms with van der Waals surface area (Å²) in [7, 11) is 0. The molecule has 1 amide bonds. The molecule has 22 heavy (non-hydrogen) atoms. The Labute approximate surface area is 131 Å². The van der Waals surface area contributed by atoms with Crippen LogP contribution in [-0.4, -0.2) is 17.6 Å². The number of carbonyl (C=O) groups excluding carboxylic acids is 1. The molecule has 3 heteroatoms. The first-order valence-corrected chi connectivity index (χ1v) is 7.73. The van der Waals surface area contributed by atoms with Gasteiger partial charge in [0.2, 0.25) is 0 Å². The van der Waals surface area contributed by atoms with Crippen molar-refractivity contribution in [1.29, 1.82) is 0 Å². The van der Waals surface area contributed by atoms with Gasteiger partial charge in [0.05, 0.1) is 6.54 Å². The lowest BCUT2D eigenvalue weighted by Gasteiger charge is -2.29. The molecule has 3 rings (SSSR count). The highest BCUT2D eigenvalue weighted by Gasteiger charge is 2.45. The summed E-state index contributed by atoms with van der Waals surface area (Å²) in [6, 6.07) is 17.1. The lowest BCUT2D eigenvalue weighted by atomic mass is 9.88.